The van der Waals surface area contributed by atoms with Gasteiger partial charge in [-0.25, -0.2) is 12.7 Å². The highest BCUT2D eigenvalue weighted by Crippen LogP contribution is 2.27. The van der Waals surface area contributed by atoms with Gasteiger partial charge < -0.3 is 9.88 Å². The Bertz CT molecular complexity index is 1130. The van der Waals surface area contributed by atoms with Crippen molar-refractivity contribution in [1.82, 2.24) is 8.87 Å². The Morgan fingerprint density at radius 1 is 1.04 bits per heavy atom. The van der Waals surface area contributed by atoms with Crippen LogP contribution < -0.4 is 5.32 Å². The summed E-state index contributed by atoms with van der Waals surface area (Å²) in [5.74, 6) is -0.531. The zero-order chi connectivity index (χ0) is 20.5. The molecule has 0 atom stereocenters. The number of hydrogen-bond donors (Lipinski definition) is 1. The smallest absolute Gasteiger partial charge is 0.257 e. The zero-order valence-corrected chi connectivity index (χ0v) is 17.4. The summed E-state index contributed by atoms with van der Waals surface area (Å²) in [5.41, 5.74) is 1.22. The van der Waals surface area contributed by atoms with Crippen LogP contribution in [0, 0.1) is 0 Å². The Morgan fingerprint density at radius 2 is 1.71 bits per heavy atom. The summed E-state index contributed by atoms with van der Waals surface area (Å²) >= 11 is 12.3. The van der Waals surface area contributed by atoms with Gasteiger partial charge in [-0.2, -0.15) is 0 Å². The summed E-state index contributed by atoms with van der Waals surface area (Å²) in [6.07, 6.45) is 3.64. The van der Waals surface area contributed by atoms with E-state index >= 15 is 0 Å². The second kappa shape index (κ2) is 7.97. The highest BCUT2D eigenvalue weighted by atomic mass is 35.5. The SMILES string of the molecule is CN(C)S(=O)(=O)c1ccc(Cl)c(C(=O)Nc2ccc(Cl)cc2-n2cccc2)c1. The van der Waals surface area contributed by atoms with E-state index in [4.69, 9.17) is 23.2 Å². The average Bonchev–Trinajstić information content (AvgIpc) is 3.17. The molecule has 2 aromatic carbocycles. The number of nitrogens with one attached hydrogen (secondary N) is 1. The predicted octanol–water partition coefficient (Wildman–Crippen LogP) is 4.29. The van der Waals surface area contributed by atoms with Crippen LogP contribution >= 0.6 is 23.2 Å². The van der Waals surface area contributed by atoms with E-state index in [9.17, 15) is 13.2 Å². The first-order chi connectivity index (χ1) is 13.2. The van der Waals surface area contributed by atoms with Crippen LogP contribution in [-0.4, -0.2) is 37.3 Å². The maximum Gasteiger partial charge on any atom is 0.257 e. The Morgan fingerprint density at radius 3 is 2.36 bits per heavy atom. The molecule has 1 N–H and O–H groups in total. The topological polar surface area (TPSA) is 71.4 Å². The van der Waals surface area contributed by atoms with Gasteiger partial charge in [-0.3, -0.25) is 4.79 Å². The van der Waals surface area contributed by atoms with Crippen molar-refractivity contribution < 1.29 is 13.2 Å². The lowest BCUT2D eigenvalue weighted by atomic mass is 10.2. The minimum absolute atomic E-state index is 0.0196. The number of anilines is 1. The summed E-state index contributed by atoms with van der Waals surface area (Å²) in [4.78, 5) is 12.8. The van der Waals surface area contributed by atoms with Crippen LogP contribution in [0.4, 0.5) is 5.69 Å². The van der Waals surface area contributed by atoms with Gasteiger partial charge in [-0.05, 0) is 48.5 Å². The fourth-order valence-corrected chi connectivity index (χ4v) is 3.86. The minimum Gasteiger partial charge on any atom is -0.322 e. The maximum atomic E-state index is 12.8. The second-order valence-corrected chi connectivity index (χ2v) is 9.13. The van der Waals surface area contributed by atoms with Crippen molar-refractivity contribution in [2.24, 2.45) is 0 Å². The van der Waals surface area contributed by atoms with Gasteiger partial charge in [0.15, 0.2) is 0 Å². The number of carbonyl (C=O) groups is 1. The molecule has 0 aliphatic heterocycles. The molecule has 0 saturated heterocycles. The molecule has 9 heteroatoms. The molecule has 0 saturated carbocycles. The van der Waals surface area contributed by atoms with Crippen molar-refractivity contribution in [1.29, 1.82) is 0 Å². The molecule has 3 aromatic rings. The van der Waals surface area contributed by atoms with E-state index < -0.39 is 15.9 Å². The lowest BCUT2D eigenvalue weighted by Crippen LogP contribution is -2.23. The van der Waals surface area contributed by atoms with Gasteiger partial charge in [-0.15, -0.1) is 0 Å². The lowest BCUT2D eigenvalue weighted by molar-refractivity contribution is 0.102. The summed E-state index contributed by atoms with van der Waals surface area (Å²) < 4.78 is 27.6. The van der Waals surface area contributed by atoms with E-state index in [2.05, 4.69) is 5.32 Å². The minimum atomic E-state index is -3.70. The lowest BCUT2D eigenvalue weighted by Gasteiger charge is -2.15. The highest BCUT2D eigenvalue weighted by Gasteiger charge is 2.21. The number of rotatable bonds is 5. The number of carbonyl (C=O) groups excluding carboxylic acids is 1. The molecule has 1 heterocycles. The normalized spacial score (nSPS) is 11.6. The molecule has 0 radical (unpaired) electrons. The quantitative estimate of drug-likeness (QED) is 0.646. The van der Waals surface area contributed by atoms with Crippen molar-refractivity contribution in [3.8, 4) is 5.69 Å². The fraction of sp³-hybridized carbons (Fsp3) is 0.105. The molecule has 0 fully saturated rings. The molecule has 0 aliphatic rings. The number of hydrogen-bond acceptors (Lipinski definition) is 3. The van der Waals surface area contributed by atoms with Crippen LogP contribution in [0.1, 0.15) is 10.4 Å². The number of halogens is 2. The van der Waals surface area contributed by atoms with Gasteiger partial charge >= 0.3 is 0 Å². The molecule has 1 aromatic heterocycles. The first-order valence-corrected chi connectivity index (χ1v) is 10.4. The molecule has 0 spiro atoms. The van der Waals surface area contributed by atoms with Crippen LogP contribution in [0.5, 0.6) is 0 Å². The van der Waals surface area contributed by atoms with Gasteiger partial charge in [-0.1, -0.05) is 23.2 Å². The predicted molar refractivity (Wildman–Crippen MR) is 111 cm³/mol. The Hall–Kier alpha value is -2.32. The van der Waals surface area contributed by atoms with E-state index in [-0.39, 0.29) is 15.5 Å². The third kappa shape index (κ3) is 4.07. The van der Waals surface area contributed by atoms with Gasteiger partial charge in [0, 0.05) is 31.5 Å². The molecule has 28 heavy (non-hydrogen) atoms. The van der Waals surface area contributed by atoms with E-state index in [1.54, 1.807) is 22.8 Å². The molecule has 0 aliphatic carbocycles. The van der Waals surface area contributed by atoms with Crippen LogP contribution in [0.2, 0.25) is 10.0 Å². The van der Waals surface area contributed by atoms with Crippen LogP contribution in [0.15, 0.2) is 65.8 Å². The summed E-state index contributed by atoms with van der Waals surface area (Å²) in [5, 5.41) is 3.44. The second-order valence-electron chi connectivity index (χ2n) is 6.13. The van der Waals surface area contributed by atoms with Crippen LogP contribution in [-0.2, 0) is 10.0 Å². The van der Waals surface area contributed by atoms with E-state index in [1.807, 2.05) is 24.5 Å². The van der Waals surface area contributed by atoms with E-state index in [1.165, 1.54) is 32.3 Å². The van der Waals surface area contributed by atoms with Gasteiger partial charge in [0.2, 0.25) is 10.0 Å². The molecule has 1 amide bonds. The number of amides is 1. The summed E-state index contributed by atoms with van der Waals surface area (Å²) in [7, 11) is -0.864. The van der Waals surface area contributed by atoms with Crippen LogP contribution in [0.3, 0.4) is 0 Å². The van der Waals surface area contributed by atoms with Crippen molar-refractivity contribution in [3.05, 3.63) is 76.5 Å². The van der Waals surface area contributed by atoms with Gasteiger partial charge in [0.05, 0.1) is 26.9 Å². The Kier molecular flexibility index (Phi) is 5.81. The third-order valence-electron chi connectivity index (χ3n) is 4.05. The molecule has 0 unspecified atom stereocenters. The number of aromatic nitrogens is 1. The number of benzene rings is 2. The first-order valence-electron chi connectivity index (χ1n) is 8.16. The largest absolute Gasteiger partial charge is 0.322 e. The molecule has 0 bridgehead atoms. The molecular formula is C19H17Cl2N3O3S. The van der Waals surface area contributed by atoms with Crippen molar-refractivity contribution >= 4 is 44.8 Å². The van der Waals surface area contributed by atoms with Gasteiger partial charge in [0.25, 0.3) is 5.91 Å². The zero-order valence-electron chi connectivity index (χ0n) is 15.1. The molecular weight excluding hydrogens is 421 g/mol. The van der Waals surface area contributed by atoms with Crippen molar-refractivity contribution in [2.75, 3.05) is 19.4 Å². The number of sulfonamides is 1. The van der Waals surface area contributed by atoms with Gasteiger partial charge in [0.1, 0.15) is 0 Å². The highest BCUT2D eigenvalue weighted by molar-refractivity contribution is 7.89. The summed E-state index contributed by atoms with van der Waals surface area (Å²) in [6, 6.07) is 12.7. The van der Waals surface area contributed by atoms with E-state index in [0.717, 1.165) is 4.31 Å². The average molecular weight is 438 g/mol. The number of nitrogens with zero attached hydrogens (tertiary/aromatic N) is 2. The fourth-order valence-electron chi connectivity index (χ4n) is 2.56. The van der Waals surface area contributed by atoms with E-state index in [0.29, 0.717) is 16.4 Å². The summed E-state index contributed by atoms with van der Waals surface area (Å²) in [6.45, 7) is 0. The van der Waals surface area contributed by atoms with Crippen LogP contribution in [0.25, 0.3) is 5.69 Å². The molecule has 146 valence electrons. The maximum absolute atomic E-state index is 12.8. The standard InChI is InChI=1S/C19H17Cl2N3O3S/c1-23(2)28(26,27)14-6-7-16(21)15(12-14)19(25)22-17-8-5-13(20)11-18(17)24-9-3-4-10-24/h3-12H,1-2H3,(H,22,25). The Labute approximate surface area is 173 Å². The Balaban J connectivity index is 1.99. The monoisotopic (exact) mass is 437 g/mol. The molecule has 3 rings (SSSR count). The third-order valence-corrected chi connectivity index (χ3v) is 6.43. The van der Waals surface area contributed by atoms with Crippen molar-refractivity contribution in [2.45, 2.75) is 4.90 Å². The molecule has 6 nitrogen and oxygen atoms in total. The van der Waals surface area contributed by atoms with Crippen molar-refractivity contribution in [3.63, 3.8) is 0 Å². The first kappa shape index (κ1) is 20.4.